The minimum absolute atomic E-state index is 0.241. The van der Waals surface area contributed by atoms with E-state index in [0.29, 0.717) is 22.8 Å². The molecule has 0 aliphatic rings. The number of pyridine rings is 1. The van der Waals surface area contributed by atoms with Crippen LogP contribution in [0.2, 0.25) is 5.02 Å². The van der Waals surface area contributed by atoms with Crippen molar-refractivity contribution in [1.29, 1.82) is 0 Å². The molecule has 7 nitrogen and oxygen atoms in total. The monoisotopic (exact) mass is 535 g/mol. The molecule has 38 heavy (non-hydrogen) atoms. The van der Waals surface area contributed by atoms with Gasteiger partial charge in [-0.05, 0) is 93.1 Å². The van der Waals surface area contributed by atoms with Crippen LogP contribution in [-0.2, 0) is 26.2 Å². The maximum atomic E-state index is 13.5. The van der Waals surface area contributed by atoms with Gasteiger partial charge in [-0.2, -0.15) is 0 Å². The number of hydrogen-bond acceptors (Lipinski definition) is 5. The lowest BCUT2D eigenvalue weighted by atomic mass is 9.81. The van der Waals surface area contributed by atoms with Crippen molar-refractivity contribution < 1.29 is 19.1 Å². The second-order valence-corrected chi connectivity index (χ2v) is 11.2. The molecule has 0 spiro atoms. The average Bonchev–Trinajstić information content (AvgIpc) is 2.84. The molecular formula is C30H34ClN3O4. The topological polar surface area (TPSA) is 97.4 Å². The third-order valence-corrected chi connectivity index (χ3v) is 6.04. The highest BCUT2D eigenvalue weighted by Gasteiger charge is 2.36. The molecule has 2 amide bonds. The summed E-state index contributed by atoms with van der Waals surface area (Å²) in [5.41, 5.74) is 1.62. The largest absolute Gasteiger partial charge is 0.444 e. The molecule has 1 aromatic heterocycles. The maximum absolute atomic E-state index is 13.5. The molecule has 200 valence electrons. The van der Waals surface area contributed by atoms with Crippen LogP contribution < -0.4 is 10.6 Å². The van der Waals surface area contributed by atoms with Gasteiger partial charge in [0.25, 0.3) is 0 Å². The van der Waals surface area contributed by atoms with E-state index in [2.05, 4.69) is 29.5 Å². The Balaban J connectivity index is 1.90. The Hall–Kier alpha value is -3.71. The summed E-state index contributed by atoms with van der Waals surface area (Å²) in [7, 11) is 0. The minimum Gasteiger partial charge on any atom is -0.444 e. The first-order chi connectivity index (χ1) is 17.8. The molecule has 0 aliphatic carbocycles. The predicted octanol–water partition coefficient (Wildman–Crippen LogP) is 7.04. The molecule has 3 aromatic rings. The molecule has 1 atom stereocenters. The van der Waals surface area contributed by atoms with Crippen LogP contribution in [0.25, 0.3) is 11.1 Å². The first-order valence-corrected chi connectivity index (χ1v) is 12.8. The number of aldehydes is 1. The number of aromatic nitrogens is 1. The number of nitrogens with zero attached hydrogens (tertiary/aromatic N) is 1. The lowest BCUT2D eigenvalue weighted by molar-refractivity contribution is -0.126. The number of hydrogen-bond donors (Lipinski definition) is 2. The Morgan fingerprint density at radius 1 is 0.974 bits per heavy atom. The van der Waals surface area contributed by atoms with E-state index < -0.39 is 23.0 Å². The summed E-state index contributed by atoms with van der Waals surface area (Å²) in [4.78, 5) is 42.7. The number of benzene rings is 2. The van der Waals surface area contributed by atoms with Gasteiger partial charge in [0.15, 0.2) is 0 Å². The van der Waals surface area contributed by atoms with E-state index >= 15 is 0 Å². The van der Waals surface area contributed by atoms with Crippen LogP contribution in [0.5, 0.6) is 0 Å². The van der Waals surface area contributed by atoms with Crippen molar-refractivity contribution in [3.8, 4) is 11.1 Å². The zero-order chi connectivity index (χ0) is 28.1. The number of nitrogens with one attached hydrogen (secondary N) is 2. The normalized spacial score (nSPS) is 12.9. The first kappa shape index (κ1) is 28.9. The van der Waals surface area contributed by atoms with Gasteiger partial charge in [0.2, 0.25) is 5.91 Å². The third kappa shape index (κ3) is 7.42. The van der Waals surface area contributed by atoms with E-state index in [1.165, 1.54) is 6.07 Å². The third-order valence-electron chi connectivity index (χ3n) is 5.80. The quantitative estimate of drug-likeness (QED) is 0.238. The molecule has 0 bridgehead atoms. The molecule has 0 fully saturated rings. The van der Waals surface area contributed by atoms with Crippen LogP contribution in [0, 0.1) is 5.92 Å². The van der Waals surface area contributed by atoms with Crippen LogP contribution in [0.3, 0.4) is 0 Å². The van der Waals surface area contributed by atoms with E-state index in [1.54, 1.807) is 52.1 Å². The highest BCUT2D eigenvalue weighted by Crippen LogP contribution is 2.32. The summed E-state index contributed by atoms with van der Waals surface area (Å²) >= 11 is 6.17. The van der Waals surface area contributed by atoms with E-state index in [9.17, 15) is 14.4 Å². The van der Waals surface area contributed by atoms with Gasteiger partial charge in [0, 0.05) is 16.9 Å². The van der Waals surface area contributed by atoms with E-state index in [0.717, 1.165) is 23.2 Å². The van der Waals surface area contributed by atoms with Gasteiger partial charge in [0.1, 0.15) is 17.3 Å². The molecular weight excluding hydrogens is 502 g/mol. The molecule has 2 N–H and O–H groups in total. The predicted molar refractivity (Wildman–Crippen MR) is 152 cm³/mol. The van der Waals surface area contributed by atoms with Crippen molar-refractivity contribution in [3.05, 3.63) is 77.1 Å². The standard InChI is InChI=1S/C30H34ClN3O4/c1-19(2)14-24-16-21(12-13-32-24)20-8-7-9-22(15-20)30(6,18-35)27(36)33-26-17-23(31)10-11-25(26)34-28(37)38-29(3,4)5/h7-13,15-19H,14H2,1-6H3,(H,33,36)(H,34,37). The SMILES string of the molecule is CC(C)Cc1cc(-c2cccc(C(C)(C=O)C(=O)Nc3cc(Cl)ccc3NC(=O)OC(C)(C)C)c2)ccn1. The van der Waals surface area contributed by atoms with Gasteiger partial charge in [-0.25, -0.2) is 4.79 Å². The van der Waals surface area contributed by atoms with E-state index in [1.807, 2.05) is 30.3 Å². The van der Waals surface area contributed by atoms with Crippen LogP contribution in [0.4, 0.5) is 16.2 Å². The second kappa shape index (κ2) is 11.8. The molecule has 0 saturated heterocycles. The molecule has 1 heterocycles. The van der Waals surface area contributed by atoms with Gasteiger partial charge < -0.3 is 14.8 Å². The van der Waals surface area contributed by atoms with Crippen LogP contribution >= 0.6 is 11.6 Å². The van der Waals surface area contributed by atoms with Gasteiger partial charge in [-0.15, -0.1) is 0 Å². The van der Waals surface area contributed by atoms with Crippen molar-refractivity contribution >= 4 is 41.3 Å². The number of carbonyl (C=O) groups is 3. The van der Waals surface area contributed by atoms with Crippen molar-refractivity contribution in [3.63, 3.8) is 0 Å². The molecule has 3 rings (SSSR count). The number of amides is 2. The number of ether oxygens (including phenoxy) is 1. The van der Waals surface area contributed by atoms with E-state index in [-0.39, 0.29) is 11.4 Å². The molecule has 2 aromatic carbocycles. The summed E-state index contributed by atoms with van der Waals surface area (Å²) in [5.74, 6) is -0.110. The lowest BCUT2D eigenvalue weighted by Crippen LogP contribution is -2.39. The number of halogens is 1. The first-order valence-electron chi connectivity index (χ1n) is 12.4. The zero-order valence-electron chi connectivity index (χ0n) is 22.6. The van der Waals surface area contributed by atoms with Gasteiger partial charge in [-0.3, -0.25) is 15.1 Å². The fourth-order valence-corrected chi connectivity index (χ4v) is 4.03. The Labute approximate surface area is 229 Å². The summed E-state index contributed by atoms with van der Waals surface area (Å²) in [6.07, 6.45) is 2.55. The summed E-state index contributed by atoms with van der Waals surface area (Å²) < 4.78 is 5.32. The Morgan fingerprint density at radius 3 is 2.34 bits per heavy atom. The Kier molecular flexibility index (Phi) is 8.94. The van der Waals surface area contributed by atoms with Crippen molar-refractivity contribution in [2.75, 3.05) is 10.6 Å². The summed E-state index contributed by atoms with van der Waals surface area (Å²) in [6, 6.07) is 15.9. The van der Waals surface area contributed by atoms with Crippen LogP contribution in [-0.4, -0.2) is 28.9 Å². The lowest BCUT2D eigenvalue weighted by Gasteiger charge is -2.25. The van der Waals surface area contributed by atoms with Gasteiger partial charge in [-0.1, -0.05) is 43.6 Å². The Morgan fingerprint density at radius 2 is 1.68 bits per heavy atom. The van der Waals surface area contributed by atoms with Crippen molar-refractivity contribution in [2.45, 2.75) is 59.0 Å². The van der Waals surface area contributed by atoms with Crippen LogP contribution in [0.15, 0.2) is 60.8 Å². The number of rotatable bonds is 8. The molecule has 1 unspecified atom stereocenters. The molecule has 8 heteroatoms. The molecule has 0 radical (unpaired) electrons. The smallest absolute Gasteiger partial charge is 0.412 e. The zero-order valence-corrected chi connectivity index (χ0v) is 23.3. The Bertz CT molecular complexity index is 1330. The van der Waals surface area contributed by atoms with Gasteiger partial charge in [0.05, 0.1) is 11.4 Å². The fourth-order valence-electron chi connectivity index (χ4n) is 3.86. The van der Waals surface area contributed by atoms with Crippen LogP contribution in [0.1, 0.15) is 52.8 Å². The van der Waals surface area contributed by atoms with Crippen molar-refractivity contribution in [1.82, 2.24) is 4.98 Å². The number of anilines is 2. The maximum Gasteiger partial charge on any atom is 0.412 e. The van der Waals surface area contributed by atoms with Crippen molar-refractivity contribution in [2.24, 2.45) is 5.92 Å². The highest BCUT2D eigenvalue weighted by atomic mass is 35.5. The molecule has 0 saturated carbocycles. The summed E-state index contributed by atoms with van der Waals surface area (Å²) in [6.45, 7) is 11.1. The highest BCUT2D eigenvalue weighted by molar-refractivity contribution is 6.31. The van der Waals surface area contributed by atoms with E-state index in [4.69, 9.17) is 16.3 Å². The molecule has 0 aliphatic heterocycles. The van der Waals surface area contributed by atoms with Gasteiger partial charge >= 0.3 is 6.09 Å². The average molecular weight is 536 g/mol. The fraction of sp³-hybridized carbons (Fsp3) is 0.333. The summed E-state index contributed by atoms with van der Waals surface area (Å²) in [5, 5.41) is 5.74. The minimum atomic E-state index is -1.52. The number of carbonyl (C=O) groups excluding carboxylic acids is 3. The second-order valence-electron chi connectivity index (χ2n) is 10.8.